The number of nitrogens with one attached hydrogen (secondary N) is 1. The molecule has 2 heterocycles. The third kappa shape index (κ3) is 4.36. The molecule has 1 aliphatic rings. The van der Waals surface area contributed by atoms with E-state index in [0.29, 0.717) is 40.8 Å². The zero-order chi connectivity index (χ0) is 22.0. The van der Waals surface area contributed by atoms with Crippen LogP contribution in [0, 0.1) is 0 Å². The van der Waals surface area contributed by atoms with E-state index < -0.39 is 10.0 Å². The van der Waals surface area contributed by atoms with Gasteiger partial charge in [0, 0.05) is 30.8 Å². The van der Waals surface area contributed by atoms with Crippen molar-refractivity contribution in [2.75, 3.05) is 25.2 Å². The number of fused-ring (bicyclic) bond motifs is 2. The van der Waals surface area contributed by atoms with Gasteiger partial charge >= 0.3 is 0 Å². The third-order valence-electron chi connectivity index (χ3n) is 4.97. The number of hydrogen-bond donors (Lipinski definition) is 1. The molecular weight excluding hydrogens is 438 g/mol. The first-order valence-electron chi connectivity index (χ1n) is 10.0. The molecule has 8 nitrogen and oxygen atoms in total. The number of thiazole rings is 1. The standard InChI is InChI=1S/C21H23N3O5S2/c1-3-5-10-24(4-2)31(26,27)15-8-6-14(7-9-15)20(25)23-21-22-16-11-17-18(29-13-28-17)12-19(16)30-21/h6-9,11-12H,3-5,10,13H2,1-2H3,(H,22,23,25). The molecule has 0 unspecified atom stereocenters. The number of carbonyl (C=O) groups is 1. The first kappa shape index (κ1) is 21.5. The van der Waals surface area contributed by atoms with Gasteiger partial charge in [0.05, 0.1) is 15.1 Å². The van der Waals surface area contributed by atoms with Crippen molar-refractivity contribution in [2.24, 2.45) is 0 Å². The van der Waals surface area contributed by atoms with Crippen molar-refractivity contribution in [1.29, 1.82) is 0 Å². The fraction of sp³-hybridized carbons (Fsp3) is 0.333. The molecule has 0 aliphatic carbocycles. The Kier molecular flexibility index (Phi) is 6.12. The van der Waals surface area contributed by atoms with Crippen molar-refractivity contribution < 1.29 is 22.7 Å². The summed E-state index contributed by atoms with van der Waals surface area (Å²) >= 11 is 1.33. The Morgan fingerprint density at radius 2 is 1.87 bits per heavy atom. The van der Waals surface area contributed by atoms with E-state index in [9.17, 15) is 13.2 Å². The fourth-order valence-corrected chi connectivity index (χ4v) is 5.61. The van der Waals surface area contributed by atoms with Crippen LogP contribution in [-0.4, -0.2) is 43.5 Å². The zero-order valence-electron chi connectivity index (χ0n) is 17.3. The van der Waals surface area contributed by atoms with Gasteiger partial charge in [-0.1, -0.05) is 31.6 Å². The molecule has 10 heteroatoms. The Morgan fingerprint density at radius 1 is 1.16 bits per heavy atom. The summed E-state index contributed by atoms with van der Waals surface area (Å²) in [6.45, 7) is 4.92. The van der Waals surface area contributed by atoms with Gasteiger partial charge in [-0.25, -0.2) is 13.4 Å². The van der Waals surface area contributed by atoms with E-state index in [-0.39, 0.29) is 17.6 Å². The minimum atomic E-state index is -3.58. The molecule has 31 heavy (non-hydrogen) atoms. The molecule has 3 aromatic rings. The van der Waals surface area contributed by atoms with Gasteiger partial charge in [-0.3, -0.25) is 10.1 Å². The maximum Gasteiger partial charge on any atom is 0.257 e. The number of ether oxygens (including phenoxy) is 2. The second-order valence-electron chi connectivity index (χ2n) is 7.02. The number of sulfonamides is 1. The van der Waals surface area contributed by atoms with Crippen LogP contribution in [0.25, 0.3) is 10.2 Å². The SMILES string of the molecule is CCCCN(CC)S(=O)(=O)c1ccc(C(=O)Nc2nc3cc4c(cc3s2)OCO4)cc1. The summed E-state index contributed by atoms with van der Waals surface area (Å²) < 4.78 is 38.7. The molecule has 1 aromatic heterocycles. The number of aromatic nitrogens is 1. The molecule has 0 fully saturated rings. The summed E-state index contributed by atoms with van der Waals surface area (Å²) in [6.07, 6.45) is 1.72. The van der Waals surface area contributed by atoms with Crippen molar-refractivity contribution in [3.63, 3.8) is 0 Å². The van der Waals surface area contributed by atoms with Crippen molar-refractivity contribution in [3.05, 3.63) is 42.0 Å². The molecule has 4 rings (SSSR count). The molecule has 0 bridgehead atoms. The van der Waals surface area contributed by atoms with Crippen molar-refractivity contribution >= 4 is 42.6 Å². The first-order valence-corrected chi connectivity index (χ1v) is 12.3. The van der Waals surface area contributed by atoms with Gasteiger partial charge in [-0.15, -0.1) is 0 Å². The van der Waals surface area contributed by atoms with Crippen LogP contribution in [0.2, 0.25) is 0 Å². The Bertz CT molecular complexity index is 1160. The van der Waals surface area contributed by atoms with Gasteiger partial charge in [0.25, 0.3) is 5.91 Å². The normalized spacial score (nSPS) is 13.1. The highest BCUT2D eigenvalue weighted by Crippen LogP contribution is 2.39. The minimum absolute atomic E-state index is 0.177. The van der Waals surface area contributed by atoms with Gasteiger partial charge in [-0.05, 0) is 30.7 Å². The minimum Gasteiger partial charge on any atom is -0.454 e. The Balaban J connectivity index is 1.49. The average Bonchev–Trinajstić information content (AvgIpc) is 3.37. The van der Waals surface area contributed by atoms with E-state index in [1.807, 2.05) is 19.9 Å². The smallest absolute Gasteiger partial charge is 0.257 e. The second-order valence-corrected chi connectivity index (χ2v) is 9.99. The van der Waals surface area contributed by atoms with E-state index in [1.165, 1.54) is 39.9 Å². The highest BCUT2D eigenvalue weighted by atomic mass is 32.2. The molecule has 2 aromatic carbocycles. The van der Waals surface area contributed by atoms with Crippen LogP contribution < -0.4 is 14.8 Å². The van der Waals surface area contributed by atoms with Crippen LogP contribution in [0.15, 0.2) is 41.3 Å². The van der Waals surface area contributed by atoms with E-state index in [0.717, 1.165) is 17.5 Å². The van der Waals surface area contributed by atoms with E-state index in [1.54, 1.807) is 6.07 Å². The van der Waals surface area contributed by atoms with Gasteiger partial charge in [-0.2, -0.15) is 4.31 Å². The lowest BCUT2D eigenvalue weighted by Gasteiger charge is -2.20. The van der Waals surface area contributed by atoms with Crippen molar-refractivity contribution in [3.8, 4) is 11.5 Å². The van der Waals surface area contributed by atoms with Gasteiger partial charge in [0.1, 0.15) is 0 Å². The molecule has 0 saturated carbocycles. The van der Waals surface area contributed by atoms with Crippen LogP contribution in [0.3, 0.4) is 0 Å². The molecule has 1 N–H and O–H groups in total. The first-order chi connectivity index (χ1) is 14.9. The summed E-state index contributed by atoms with van der Waals surface area (Å²) in [4.78, 5) is 17.2. The van der Waals surface area contributed by atoms with Crippen LogP contribution in [-0.2, 0) is 10.0 Å². The number of unbranched alkanes of at least 4 members (excludes halogenated alkanes) is 1. The maximum atomic E-state index is 12.8. The number of carbonyl (C=O) groups excluding carboxylic acids is 1. The molecule has 1 aliphatic heterocycles. The fourth-order valence-electron chi connectivity index (χ4n) is 3.25. The lowest BCUT2D eigenvalue weighted by atomic mass is 10.2. The molecule has 1 amide bonds. The lowest BCUT2D eigenvalue weighted by Crippen LogP contribution is -2.31. The maximum absolute atomic E-state index is 12.8. The zero-order valence-corrected chi connectivity index (χ0v) is 18.9. The topological polar surface area (TPSA) is 97.8 Å². The number of anilines is 1. The molecule has 0 atom stereocenters. The number of rotatable bonds is 8. The monoisotopic (exact) mass is 461 g/mol. The molecule has 0 saturated heterocycles. The summed E-state index contributed by atoms with van der Waals surface area (Å²) in [7, 11) is -3.58. The van der Waals surface area contributed by atoms with Gasteiger partial charge in [0.15, 0.2) is 16.6 Å². The Labute approximate surface area is 184 Å². The molecular formula is C21H23N3O5S2. The summed E-state index contributed by atoms with van der Waals surface area (Å²) in [5, 5.41) is 3.21. The van der Waals surface area contributed by atoms with E-state index in [4.69, 9.17) is 9.47 Å². The second kappa shape index (κ2) is 8.81. The highest BCUT2D eigenvalue weighted by molar-refractivity contribution is 7.89. The number of amides is 1. The Hall–Kier alpha value is -2.69. The number of nitrogens with zero attached hydrogens (tertiary/aromatic N) is 2. The van der Waals surface area contributed by atoms with Gasteiger partial charge < -0.3 is 9.47 Å². The van der Waals surface area contributed by atoms with E-state index in [2.05, 4.69) is 10.3 Å². The quantitative estimate of drug-likeness (QED) is 0.543. The molecule has 0 radical (unpaired) electrons. The molecule has 0 spiro atoms. The third-order valence-corrected chi connectivity index (χ3v) is 7.89. The Morgan fingerprint density at radius 3 is 2.55 bits per heavy atom. The van der Waals surface area contributed by atoms with Crippen LogP contribution >= 0.6 is 11.3 Å². The summed E-state index contributed by atoms with van der Waals surface area (Å²) in [6, 6.07) is 9.58. The lowest BCUT2D eigenvalue weighted by molar-refractivity contribution is 0.102. The van der Waals surface area contributed by atoms with Crippen LogP contribution in [0.1, 0.15) is 37.0 Å². The van der Waals surface area contributed by atoms with Crippen molar-refractivity contribution in [2.45, 2.75) is 31.6 Å². The van der Waals surface area contributed by atoms with Crippen LogP contribution in [0.5, 0.6) is 11.5 Å². The predicted molar refractivity (Wildman–Crippen MR) is 119 cm³/mol. The van der Waals surface area contributed by atoms with E-state index >= 15 is 0 Å². The predicted octanol–water partition coefficient (Wildman–Crippen LogP) is 4.09. The molecule has 164 valence electrons. The van der Waals surface area contributed by atoms with Crippen molar-refractivity contribution in [1.82, 2.24) is 9.29 Å². The number of hydrogen-bond acceptors (Lipinski definition) is 7. The highest BCUT2D eigenvalue weighted by Gasteiger charge is 2.23. The van der Waals surface area contributed by atoms with Crippen LogP contribution in [0.4, 0.5) is 5.13 Å². The van der Waals surface area contributed by atoms with Gasteiger partial charge in [0.2, 0.25) is 16.8 Å². The average molecular weight is 462 g/mol. The summed E-state index contributed by atoms with van der Waals surface area (Å²) in [5.41, 5.74) is 1.06. The largest absolute Gasteiger partial charge is 0.454 e. The summed E-state index contributed by atoms with van der Waals surface area (Å²) in [5.74, 6) is 0.930. The number of benzene rings is 2.